The molecule has 2 nitrogen and oxygen atoms in total. The molecular weight excluding hydrogens is 809 g/mol. The molecule has 0 unspecified atom stereocenters. The van der Waals surface area contributed by atoms with Gasteiger partial charge in [0.05, 0.1) is 22.1 Å². The second-order valence-corrected chi connectivity index (χ2v) is 20.1. The molecule has 67 heavy (non-hydrogen) atoms. The van der Waals surface area contributed by atoms with Crippen LogP contribution in [0.1, 0.15) is 50.2 Å². The third-order valence-corrected chi connectivity index (χ3v) is 16.8. The predicted octanol–water partition coefficient (Wildman–Crippen LogP) is 17.2. The van der Waals surface area contributed by atoms with E-state index in [9.17, 15) is 0 Å². The van der Waals surface area contributed by atoms with Gasteiger partial charge in [0.2, 0.25) is 0 Å². The van der Waals surface area contributed by atoms with E-state index in [1.165, 1.54) is 120 Å². The molecule has 1 spiro atoms. The second-order valence-electron chi connectivity index (χ2n) is 20.1. The van der Waals surface area contributed by atoms with Crippen LogP contribution in [0, 0.1) is 23.7 Å². The van der Waals surface area contributed by atoms with Gasteiger partial charge in [-0.2, -0.15) is 0 Å². The van der Waals surface area contributed by atoms with Crippen LogP contribution in [-0.4, -0.2) is 9.13 Å². The van der Waals surface area contributed by atoms with Crippen molar-refractivity contribution in [3.05, 3.63) is 218 Å². The predicted molar refractivity (Wildman–Crippen MR) is 283 cm³/mol. The molecule has 0 aliphatic heterocycles. The summed E-state index contributed by atoms with van der Waals surface area (Å²) in [5.41, 5.74) is 21.0. The van der Waals surface area contributed by atoms with Crippen LogP contribution in [0.5, 0.6) is 0 Å². The number of allylic oxidation sites excluding steroid dienone is 5. The van der Waals surface area contributed by atoms with Gasteiger partial charge in [-0.15, -0.1) is 0 Å². The summed E-state index contributed by atoms with van der Waals surface area (Å²) in [5, 5.41) is 4.99. The summed E-state index contributed by atoms with van der Waals surface area (Å²) < 4.78 is 4.77. The molecule has 0 amide bonds. The van der Waals surface area contributed by atoms with Gasteiger partial charge in [-0.25, -0.2) is 0 Å². The minimum absolute atomic E-state index is 0.189. The third kappa shape index (κ3) is 5.63. The first kappa shape index (κ1) is 38.8. The van der Waals surface area contributed by atoms with Crippen LogP contribution >= 0.6 is 0 Å². The number of para-hydroxylation sites is 2. The van der Waals surface area contributed by atoms with Crippen LogP contribution in [0.3, 0.4) is 0 Å². The average Bonchev–Trinajstić information content (AvgIpc) is 3.99. The fourth-order valence-corrected chi connectivity index (χ4v) is 14.3. The molecule has 4 bridgehead atoms. The quantitative estimate of drug-likeness (QED) is 0.141. The Balaban J connectivity index is 0.787. The Labute approximate surface area is 392 Å². The zero-order valence-corrected chi connectivity index (χ0v) is 38.0. The number of aromatic nitrogens is 2. The molecule has 0 radical (unpaired) electrons. The lowest BCUT2D eigenvalue weighted by Gasteiger charge is -2.61. The summed E-state index contributed by atoms with van der Waals surface area (Å²) in [6.45, 7) is 6.07. The standard InChI is InChI=1S/C65H52N2/c1-3-11-51(12-4-2)66-61-17-9-6-14-55(61)57-38-46(26-31-63(57)66)47-27-32-64-58(39-47)56-15-7-10-18-62(56)67(64)52-28-23-44(24-29-52)43-19-21-45(22-20-43)48-25-30-54-53-13-5-8-16-59(53)65(60(54)40-48)49-34-41-33-42(36-49)37-50(65)35-41/h3-32,38-42,49-50H,1,33-37H2,2H3/b12-4-,51-11+. The molecule has 0 N–H and O–H groups in total. The highest BCUT2D eigenvalue weighted by Crippen LogP contribution is 2.69. The summed E-state index contributed by atoms with van der Waals surface area (Å²) in [6, 6.07) is 66.8. The highest BCUT2D eigenvalue weighted by atomic mass is 15.0. The Morgan fingerprint density at radius 3 is 1.66 bits per heavy atom. The summed E-state index contributed by atoms with van der Waals surface area (Å²) in [7, 11) is 0. The number of fused-ring (bicyclic) bond motifs is 9. The van der Waals surface area contributed by atoms with E-state index >= 15 is 0 Å². The first-order valence-corrected chi connectivity index (χ1v) is 24.6. The van der Waals surface area contributed by atoms with Crippen LogP contribution in [0.15, 0.2) is 207 Å². The van der Waals surface area contributed by atoms with Crippen LogP contribution in [0.25, 0.3) is 99.5 Å². The smallest absolute Gasteiger partial charge is 0.0541 e. The van der Waals surface area contributed by atoms with Crippen molar-refractivity contribution in [1.82, 2.24) is 9.13 Å². The zero-order valence-electron chi connectivity index (χ0n) is 38.0. The summed E-state index contributed by atoms with van der Waals surface area (Å²) in [6.07, 6.45) is 15.3. The molecule has 322 valence electrons. The minimum atomic E-state index is 0.189. The minimum Gasteiger partial charge on any atom is -0.309 e. The summed E-state index contributed by atoms with van der Waals surface area (Å²) >= 11 is 0. The maximum Gasteiger partial charge on any atom is 0.0541 e. The van der Waals surface area contributed by atoms with Gasteiger partial charge < -0.3 is 9.13 Å². The maximum absolute atomic E-state index is 4.01. The first-order chi connectivity index (χ1) is 33.1. The first-order valence-electron chi connectivity index (χ1n) is 24.6. The van der Waals surface area contributed by atoms with E-state index in [1.807, 2.05) is 6.08 Å². The normalized spacial score (nSPS) is 21.7. The van der Waals surface area contributed by atoms with Crippen molar-refractivity contribution in [3.8, 4) is 50.2 Å². The van der Waals surface area contributed by atoms with E-state index in [0.29, 0.717) is 0 Å². The molecule has 10 aromatic rings. The van der Waals surface area contributed by atoms with Crippen LogP contribution in [0.4, 0.5) is 0 Å². The summed E-state index contributed by atoms with van der Waals surface area (Å²) in [4.78, 5) is 0. The molecule has 2 aromatic heterocycles. The van der Waals surface area contributed by atoms with Crippen molar-refractivity contribution in [2.45, 2.75) is 44.4 Å². The second kappa shape index (κ2) is 14.8. The maximum atomic E-state index is 4.01. The topological polar surface area (TPSA) is 9.86 Å². The van der Waals surface area contributed by atoms with Crippen molar-refractivity contribution in [2.24, 2.45) is 23.7 Å². The Morgan fingerprint density at radius 2 is 0.970 bits per heavy atom. The summed E-state index contributed by atoms with van der Waals surface area (Å²) in [5.74, 6) is 3.44. The molecule has 15 rings (SSSR count). The van der Waals surface area contributed by atoms with Gasteiger partial charge in [0.1, 0.15) is 0 Å². The molecule has 8 aromatic carbocycles. The van der Waals surface area contributed by atoms with Gasteiger partial charge in [-0.3, -0.25) is 0 Å². The van der Waals surface area contributed by atoms with Gasteiger partial charge in [-0.05, 0) is 185 Å². The van der Waals surface area contributed by atoms with Crippen LogP contribution in [-0.2, 0) is 5.41 Å². The van der Waals surface area contributed by atoms with Crippen molar-refractivity contribution in [2.75, 3.05) is 0 Å². The van der Waals surface area contributed by atoms with Crippen molar-refractivity contribution in [3.63, 3.8) is 0 Å². The highest BCUT2D eigenvalue weighted by molar-refractivity contribution is 6.13. The van der Waals surface area contributed by atoms with Crippen LogP contribution < -0.4 is 0 Å². The number of benzene rings is 8. The van der Waals surface area contributed by atoms with Crippen LogP contribution in [0.2, 0.25) is 0 Å². The Kier molecular flexibility index (Phi) is 8.57. The van der Waals surface area contributed by atoms with Gasteiger partial charge in [0.15, 0.2) is 0 Å². The SMILES string of the molecule is C=C/C=C(\C=C/C)n1c2ccccc2c2cc(-c3ccc4c(c3)c3ccccc3n4-c3ccc(-c4ccc(-c5ccc6c(c5)C5(c7ccccc7-6)C6CC7CC(C6)CC5C7)cc4)cc3)ccc21. The molecular formula is C65H52N2. The molecule has 2 heteroatoms. The van der Waals surface area contributed by atoms with Gasteiger partial charge >= 0.3 is 0 Å². The van der Waals surface area contributed by atoms with Crippen molar-refractivity contribution < 1.29 is 0 Å². The number of hydrogen-bond donors (Lipinski definition) is 0. The highest BCUT2D eigenvalue weighted by Gasteiger charge is 2.61. The lowest BCUT2D eigenvalue weighted by atomic mass is 9.43. The third-order valence-electron chi connectivity index (χ3n) is 16.8. The largest absolute Gasteiger partial charge is 0.309 e. The molecule has 4 saturated carbocycles. The van der Waals surface area contributed by atoms with Gasteiger partial charge in [0, 0.05) is 38.3 Å². The van der Waals surface area contributed by atoms with E-state index in [4.69, 9.17) is 0 Å². The van der Waals surface area contributed by atoms with E-state index in [0.717, 1.165) is 35.1 Å². The lowest BCUT2D eigenvalue weighted by molar-refractivity contribution is -0.0399. The van der Waals surface area contributed by atoms with E-state index < -0.39 is 0 Å². The Bertz CT molecular complexity index is 3690. The fraction of sp³-hybridized carbons (Fsp3) is 0.169. The molecule has 0 atom stereocenters. The fourth-order valence-electron chi connectivity index (χ4n) is 14.3. The Hall–Kier alpha value is -7.42. The van der Waals surface area contributed by atoms with Crippen molar-refractivity contribution >= 4 is 49.3 Å². The molecule has 4 fully saturated rings. The van der Waals surface area contributed by atoms with Crippen molar-refractivity contribution in [1.29, 1.82) is 0 Å². The van der Waals surface area contributed by atoms with Gasteiger partial charge in [-0.1, -0.05) is 140 Å². The van der Waals surface area contributed by atoms with E-state index in [1.54, 1.807) is 11.1 Å². The number of rotatable bonds is 7. The molecule has 0 saturated heterocycles. The average molecular weight is 861 g/mol. The van der Waals surface area contributed by atoms with Gasteiger partial charge in [0.25, 0.3) is 0 Å². The number of hydrogen-bond acceptors (Lipinski definition) is 0. The number of nitrogens with zero attached hydrogens (tertiary/aromatic N) is 2. The lowest BCUT2D eigenvalue weighted by Crippen LogP contribution is -2.55. The molecule has 2 heterocycles. The monoisotopic (exact) mass is 860 g/mol. The molecule has 5 aliphatic rings. The van der Waals surface area contributed by atoms with E-state index in [2.05, 4.69) is 217 Å². The Morgan fingerprint density at radius 1 is 0.478 bits per heavy atom. The zero-order chi connectivity index (χ0) is 44.4. The molecule has 5 aliphatic carbocycles. The van der Waals surface area contributed by atoms with E-state index in [-0.39, 0.29) is 5.41 Å².